The number of rotatable bonds is 1. The minimum atomic E-state index is -3.02. The van der Waals surface area contributed by atoms with E-state index in [4.69, 9.17) is 17.0 Å². The molecule has 1 atom stereocenters. The normalized spacial score (nSPS) is 28.0. The van der Waals surface area contributed by atoms with Crippen molar-refractivity contribution in [2.75, 3.05) is 32.1 Å². The van der Waals surface area contributed by atoms with E-state index in [9.17, 15) is 8.42 Å². The molecule has 0 amide bonds. The average molecular weight is 262 g/mol. The largest absolute Gasteiger partial charge is 0.378 e. The molecule has 0 radical (unpaired) electrons. The highest BCUT2D eigenvalue weighted by molar-refractivity contribution is 7.94. The molecule has 90 valence electrons. The quantitative estimate of drug-likeness (QED) is 0.643. The minimum Gasteiger partial charge on any atom is -0.378 e. The van der Waals surface area contributed by atoms with Gasteiger partial charge in [-0.1, -0.05) is 0 Å². The molecule has 7 heteroatoms. The molecule has 2 heterocycles. The third kappa shape index (κ3) is 2.93. The molecule has 16 heavy (non-hydrogen) atoms. The summed E-state index contributed by atoms with van der Waals surface area (Å²) < 4.78 is 27.6. The zero-order chi connectivity index (χ0) is 11.6. The third-order valence-corrected chi connectivity index (χ3v) is 4.31. The Balaban J connectivity index is 1.86. The summed E-state index contributed by atoms with van der Waals surface area (Å²) in [5.74, 6) is 0.0947. The van der Waals surface area contributed by atoms with Crippen LogP contribution in [-0.4, -0.2) is 56.5 Å². The molecule has 2 aliphatic heterocycles. The molecule has 0 bridgehead atoms. The minimum absolute atomic E-state index is 0.0947. The number of nitrogens with one attached hydrogen (secondary N) is 1. The van der Waals surface area contributed by atoms with Crippen molar-refractivity contribution >= 4 is 27.2 Å². The van der Waals surface area contributed by atoms with Gasteiger partial charge in [0, 0.05) is 18.5 Å². The summed E-state index contributed by atoms with van der Waals surface area (Å²) in [6.07, 6.45) is 1.64. The summed E-state index contributed by atoms with van der Waals surface area (Å²) in [7, 11) is -3.02. The van der Waals surface area contributed by atoms with Crippen LogP contribution in [0.5, 0.6) is 0 Å². The molecule has 0 saturated carbocycles. The second kappa shape index (κ2) is 4.68. The Labute approximate surface area is 100 Å². The molecule has 0 aromatic carbocycles. The molecular weight excluding hydrogens is 248 g/mol. The van der Waals surface area contributed by atoms with Crippen molar-refractivity contribution in [3.05, 3.63) is 11.5 Å². The lowest BCUT2D eigenvalue weighted by atomic mass is 10.3. The molecule has 1 fully saturated rings. The van der Waals surface area contributed by atoms with E-state index in [-0.39, 0.29) is 11.8 Å². The third-order valence-electron chi connectivity index (χ3n) is 2.54. The molecule has 0 aromatic heterocycles. The van der Waals surface area contributed by atoms with Crippen LogP contribution in [0, 0.1) is 0 Å². The van der Waals surface area contributed by atoms with Gasteiger partial charge in [0.25, 0.3) is 0 Å². The molecule has 0 aromatic rings. The predicted octanol–water partition coefficient (Wildman–Crippen LogP) is -0.496. The molecule has 1 N–H and O–H groups in total. The highest BCUT2D eigenvalue weighted by atomic mass is 32.2. The van der Waals surface area contributed by atoms with Gasteiger partial charge in [-0.15, -0.1) is 0 Å². The standard InChI is InChI=1S/C9H14N2O3S2/c12-16(13)6-1-8(7-16)10-9(15)11-2-4-14-5-3-11/h1,6,8H,2-5,7H2,(H,10,15). The number of hydrogen-bond acceptors (Lipinski definition) is 4. The second-order valence-electron chi connectivity index (χ2n) is 3.81. The Hall–Kier alpha value is -0.660. The molecule has 2 aliphatic rings. The van der Waals surface area contributed by atoms with Gasteiger partial charge in [-0.3, -0.25) is 0 Å². The first-order valence-electron chi connectivity index (χ1n) is 5.11. The van der Waals surface area contributed by atoms with E-state index in [0.717, 1.165) is 13.1 Å². The van der Waals surface area contributed by atoms with E-state index in [1.165, 1.54) is 5.41 Å². The van der Waals surface area contributed by atoms with Gasteiger partial charge in [0.2, 0.25) is 0 Å². The van der Waals surface area contributed by atoms with E-state index < -0.39 is 9.84 Å². The van der Waals surface area contributed by atoms with E-state index in [2.05, 4.69) is 5.32 Å². The first-order valence-corrected chi connectivity index (χ1v) is 7.23. The molecule has 1 unspecified atom stereocenters. The summed E-state index contributed by atoms with van der Waals surface area (Å²) in [6.45, 7) is 2.85. The molecule has 5 nitrogen and oxygen atoms in total. The fourth-order valence-electron chi connectivity index (χ4n) is 1.68. The number of ether oxygens (including phenoxy) is 1. The predicted molar refractivity (Wildman–Crippen MR) is 64.8 cm³/mol. The number of thiocarbonyl (C=S) groups is 1. The van der Waals surface area contributed by atoms with Crippen LogP contribution < -0.4 is 5.32 Å². The maximum Gasteiger partial charge on any atom is 0.173 e. The lowest BCUT2D eigenvalue weighted by Gasteiger charge is -2.30. The van der Waals surface area contributed by atoms with Crippen LogP contribution in [0.4, 0.5) is 0 Å². The van der Waals surface area contributed by atoms with Gasteiger partial charge < -0.3 is 15.0 Å². The number of morpholine rings is 1. The Bertz CT molecular complexity index is 399. The fraction of sp³-hybridized carbons (Fsp3) is 0.667. The van der Waals surface area contributed by atoms with Gasteiger partial charge in [-0.2, -0.15) is 0 Å². The average Bonchev–Trinajstić information content (AvgIpc) is 2.59. The Morgan fingerprint density at radius 1 is 1.44 bits per heavy atom. The van der Waals surface area contributed by atoms with Gasteiger partial charge in [0.15, 0.2) is 14.9 Å². The van der Waals surface area contributed by atoms with E-state index in [1.54, 1.807) is 6.08 Å². The zero-order valence-corrected chi connectivity index (χ0v) is 10.4. The monoisotopic (exact) mass is 262 g/mol. The summed E-state index contributed by atoms with van der Waals surface area (Å²) in [4.78, 5) is 2.00. The molecule has 1 saturated heterocycles. The van der Waals surface area contributed by atoms with Crippen molar-refractivity contribution < 1.29 is 13.2 Å². The number of hydrogen-bond donors (Lipinski definition) is 1. The maximum absolute atomic E-state index is 11.2. The molecular formula is C9H14N2O3S2. The van der Waals surface area contributed by atoms with Gasteiger partial charge in [0.05, 0.1) is 25.0 Å². The fourth-order valence-corrected chi connectivity index (χ4v) is 3.25. The SMILES string of the molecule is O=S1(=O)C=CC(NC(=S)N2CCOCC2)C1. The van der Waals surface area contributed by atoms with Crippen molar-refractivity contribution in [2.24, 2.45) is 0 Å². The Morgan fingerprint density at radius 2 is 2.12 bits per heavy atom. The van der Waals surface area contributed by atoms with Crippen LogP contribution in [-0.2, 0) is 14.6 Å². The maximum atomic E-state index is 11.2. The summed E-state index contributed by atoms with van der Waals surface area (Å²) >= 11 is 5.22. The lowest BCUT2D eigenvalue weighted by molar-refractivity contribution is 0.0676. The number of sulfone groups is 1. The van der Waals surface area contributed by atoms with Crippen LogP contribution in [0.3, 0.4) is 0 Å². The molecule has 2 rings (SSSR count). The van der Waals surface area contributed by atoms with Gasteiger partial charge in [-0.05, 0) is 18.3 Å². The van der Waals surface area contributed by atoms with Crippen LogP contribution in [0.25, 0.3) is 0 Å². The van der Waals surface area contributed by atoms with Crippen LogP contribution in [0.15, 0.2) is 11.5 Å². The second-order valence-corrected chi connectivity index (χ2v) is 6.13. The van der Waals surface area contributed by atoms with Crippen molar-refractivity contribution in [1.29, 1.82) is 0 Å². The Kier molecular flexibility index (Phi) is 3.46. The summed E-state index contributed by atoms with van der Waals surface area (Å²) in [6, 6.07) is -0.194. The first kappa shape index (κ1) is 11.8. The van der Waals surface area contributed by atoms with Gasteiger partial charge >= 0.3 is 0 Å². The molecule has 0 spiro atoms. The number of nitrogens with zero attached hydrogens (tertiary/aromatic N) is 1. The highest BCUT2D eigenvalue weighted by Crippen LogP contribution is 2.08. The summed E-state index contributed by atoms with van der Waals surface area (Å²) in [5, 5.41) is 4.89. The van der Waals surface area contributed by atoms with E-state index in [1.807, 2.05) is 4.90 Å². The zero-order valence-electron chi connectivity index (χ0n) is 8.76. The highest BCUT2D eigenvalue weighted by Gasteiger charge is 2.23. The van der Waals surface area contributed by atoms with Crippen molar-refractivity contribution in [2.45, 2.75) is 6.04 Å². The topological polar surface area (TPSA) is 58.6 Å². The van der Waals surface area contributed by atoms with Crippen molar-refractivity contribution in [3.63, 3.8) is 0 Å². The van der Waals surface area contributed by atoms with Crippen molar-refractivity contribution in [3.8, 4) is 0 Å². The first-order chi connectivity index (χ1) is 7.57. The van der Waals surface area contributed by atoms with Gasteiger partial charge in [-0.25, -0.2) is 8.42 Å². The van der Waals surface area contributed by atoms with E-state index in [0.29, 0.717) is 18.3 Å². The Morgan fingerprint density at radius 3 is 2.69 bits per heavy atom. The van der Waals surface area contributed by atoms with Crippen LogP contribution >= 0.6 is 12.2 Å². The smallest absolute Gasteiger partial charge is 0.173 e. The van der Waals surface area contributed by atoms with Crippen LogP contribution in [0.2, 0.25) is 0 Å². The van der Waals surface area contributed by atoms with E-state index >= 15 is 0 Å². The molecule has 0 aliphatic carbocycles. The summed E-state index contributed by atoms with van der Waals surface area (Å²) in [5.41, 5.74) is 0. The van der Waals surface area contributed by atoms with Gasteiger partial charge in [0.1, 0.15) is 0 Å². The lowest BCUT2D eigenvalue weighted by Crippen LogP contribution is -2.49. The van der Waals surface area contributed by atoms with Crippen molar-refractivity contribution in [1.82, 2.24) is 10.2 Å². The van der Waals surface area contributed by atoms with Crippen LogP contribution in [0.1, 0.15) is 0 Å².